The highest BCUT2D eigenvalue weighted by molar-refractivity contribution is 7.92. The molecule has 1 heterocycles. The Labute approximate surface area is 179 Å². The van der Waals surface area contributed by atoms with E-state index in [2.05, 4.69) is 9.71 Å². The first-order valence-corrected chi connectivity index (χ1v) is 12.5. The predicted octanol–water partition coefficient (Wildman–Crippen LogP) is 3.06. The van der Waals surface area contributed by atoms with Gasteiger partial charge in [-0.1, -0.05) is 6.07 Å². The van der Waals surface area contributed by atoms with Crippen molar-refractivity contribution in [3.8, 4) is 0 Å². The number of hydrogen-bond acceptors (Lipinski definition) is 5. The lowest BCUT2D eigenvalue weighted by molar-refractivity contribution is -0.137. The van der Waals surface area contributed by atoms with Gasteiger partial charge < -0.3 is 4.57 Å². The van der Waals surface area contributed by atoms with E-state index in [4.69, 9.17) is 0 Å². The third kappa shape index (κ3) is 4.37. The molecule has 2 aromatic rings. The summed E-state index contributed by atoms with van der Waals surface area (Å²) in [5.74, 6) is 0.102. The fraction of sp³-hybridized carbons (Fsp3) is 0.526. The van der Waals surface area contributed by atoms with Crippen LogP contribution in [-0.4, -0.2) is 37.2 Å². The molecule has 1 aromatic carbocycles. The second-order valence-electron chi connectivity index (χ2n) is 8.36. The molecular weight excluding hydrogens is 455 g/mol. The Morgan fingerprint density at radius 2 is 1.74 bits per heavy atom. The van der Waals surface area contributed by atoms with Crippen LogP contribution in [0.3, 0.4) is 0 Å². The van der Waals surface area contributed by atoms with Gasteiger partial charge in [0.25, 0.3) is 10.0 Å². The molecule has 1 aliphatic carbocycles. The number of aryl methyl sites for hydroxylation is 2. The van der Waals surface area contributed by atoms with Crippen molar-refractivity contribution in [2.75, 3.05) is 0 Å². The Bertz CT molecular complexity index is 1180. The summed E-state index contributed by atoms with van der Waals surface area (Å²) in [6.45, 7) is 4.58. The number of nitrogens with one attached hydrogen (secondary N) is 1. The molecule has 0 aliphatic heterocycles. The number of rotatable bonds is 6. The highest BCUT2D eigenvalue weighted by Crippen LogP contribution is 2.44. The molecule has 3 rings (SSSR count). The molecule has 7 nitrogen and oxygen atoms in total. The first kappa shape index (κ1) is 23.7. The van der Waals surface area contributed by atoms with Crippen LogP contribution >= 0.6 is 0 Å². The van der Waals surface area contributed by atoms with E-state index in [1.807, 2.05) is 0 Å². The minimum absolute atomic E-state index is 0.119. The Morgan fingerprint density at radius 3 is 2.26 bits per heavy atom. The summed E-state index contributed by atoms with van der Waals surface area (Å²) < 4.78 is 92.9. The molecule has 0 unspecified atom stereocenters. The van der Waals surface area contributed by atoms with Crippen molar-refractivity contribution in [1.82, 2.24) is 14.3 Å². The molecule has 1 saturated carbocycles. The van der Waals surface area contributed by atoms with Gasteiger partial charge in [0.05, 0.1) is 15.2 Å². The number of hydrogen-bond donors (Lipinski definition) is 1. The van der Waals surface area contributed by atoms with Gasteiger partial charge in [-0.2, -0.15) is 13.2 Å². The molecule has 31 heavy (non-hydrogen) atoms. The first-order valence-electron chi connectivity index (χ1n) is 9.50. The van der Waals surface area contributed by atoms with Gasteiger partial charge in [0.1, 0.15) is 5.82 Å². The Hall–Kier alpha value is -1.92. The van der Waals surface area contributed by atoms with Crippen molar-refractivity contribution in [3.63, 3.8) is 0 Å². The molecule has 0 radical (unpaired) electrons. The zero-order chi connectivity index (χ0) is 23.4. The number of nitrogens with zero attached hydrogens (tertiary/aromatic N) is 2. The molecular formula is C19H24F3N3O4S2. The van der Waals surface area contributed by atoms with E-state index in [-0.39, 0.29) is 17.9 Å². The molecule has 172 valence electrons. The van der Waals surface area contributed by atoms with E-state index in [0.29, 0.717) is 11.9 Å². The topological polar surface area (TPSA) is 98.1 Å². The van der Waals surface area contributed by atoms with Gasteiger partial charge in [0, 0.05) is 19.3 Å². The smallest absolute Gasteiger partial charge is 0.337 e. The predicted molar refractivity (Wildman–Crippen MR) is 107 cm³/mol. The van der Waals surface area contributed by atoms with Gasteiger partial charge in [-0.15, -0.1) is 0 Å². The van der Waals surface area contributed by atoms with Crippen LogP contribution in [0.4, 0.5) is 13.2 Å². The number of sulfonamides is 1. The van der Waals surface area contributed by atoms with Crippen LogP contribution in [0.5, 0.6) is 0 Å². The Kier molecular flexibility index (Phi) is 5.81. The van der Waals surface area contributed by atoms with Crippen molar-refractivity contribution < 1.29 is 30.0 Å². The number of imidazole rings is 1. The number of benzene rings is 1. The molecule has 0 amide bonds. The number of halogens is 3. The number of aromatic nitrogens is 2. The standard InChI is InChI=1S/C19H24F3N3O4S2/c1-12-23-17(11-25(12)4)31(28,29)24-15-8-14(9-15)18(2,3)30(26,27)16-7-5-6-13(10-16)19(20,21)22/h5-7,10-11,14-15,24H,8-9H2,1-4H3/t14-,15+. The maximum absolute atomic E-state index is 13.1. The summed E-state index contributed by atoms with van der Waals surface area (Å²) in [6.07, 6.45) is -2.78. The zero-order valence-corrected chi connectivity index (χ0v) is 19.1. The second kappa shape index (κ2) is 7.59. The van der Waals surface area contributed by atoms with Crippen molar-refractivity contribution in [3.05, 3.63) is 41.9 Å². The van der Waals surface area contributed by atoms with Crippen molar-refractivity contribution in [2.45, 2.75) is 60.5 Å². The van der Waals surface area contributed by atoms with Crippen molar-refractivity contribution >= 4 is 19.9 Å². The van der Waals surface area contributed by atoms with Gasteiger partial charge in [-0.25, -0.2) is 26.5 Å². The fourth-order valence-electron chi connectivity index (χ4n) is 3.58. The Balaban J connectivity index is 1.74. The highest BCUT2D eigenvalue weighted by Gasteiger charge is 2.49. The van der Waals surface area contributed by atoms with Gasteiger partial charge >= 0.3 is 6.18 Å². The SMILES string of the molecule is Cc1nc(S(=O)(=O)N[C@H]2C[C@@H](C(C)(C)S(=O)(=O)c3cccc(C(F)(F)F)c3)C2)cn1C. The van der Waals surface area contributed by atoms with Gasteiger partial charge in [-0.05, 0) is 57.7 Å². The van der Waals surface area contributed by atoms with Crippen LogP contribution < -0.4 is 4.72 Å². The largest absolute Gasteiger partial charge is 0.416 e. The van der Waals surface area contributed by atoms with Crippen LogP contribution in [0.25, 0.3) is 0 Å². The molecule has 1 aliphatic rings. The van der Waals surface area contributed by atoms with Gasteiger partial charge in [-0.3, -0.25) is 0 Å². The highest BCUT2D eigenvalue weighted by atomic mass is 32.2. The summed E-state index contributed by atoms with van der Waals surface area (Å²) in [6, 6.07) is 3.19. The molecule has 0 saturated heterocycles. The lowest BCUT2D eigenvalue weighted by Crippen LogP contribution is -2.53. The van der Waals surface area contributed by atoms with E-state index in [0.717, 1.165) is 18.2 Å². The molecule has 12 heteroatoms. The zero-order valence-electron chi connectivity index (χ0n) is 17.4. The monoisotopic (exact) mass is 479 g/mol. The quantitative estimate of drug-likeness (QED) is 0.687. The third-order valence-corrected chi connectivity index (χ3v) is 9.95. The van der Waals surface area contributed by atoms with E-state index < -0.39 is 53.2 Å². The van der Waals surface area contributed by atoms with Crippen LogP contribution in [0, 0.1) is 12.8 Å². The van der Waals surface area contributed by atoms with Crippen molar-refractivity contribution in [1.29, 1.82) is 0 Å². The summed E-state index contributed by atoms with van der Waals surface area (Å²) >= 11 is 0. The van der Waals surface area contributed by atoms with Crippen LogP contribution in [0.15, 0.2) is 40.4 Å². The van der Waals surface area contributed by atoms with Crippen LogP contribution in [0.1, 0.15) is 38.1 Å². The summed E-state index contributed by atoms with van der Waals surface area (Å²) in [5, 5.41) is -0.119. The first-order chi connectivity index (χ1) is 14.1. The normalized spacial score (nSPS) is 20.5. The third-order valence-electron chi connectivity index (χ3n) is 5.97. The summed E-state index contributed by atoms with van der Waals surface area (Å²) in [4.78, 5) is 3.59. The maximum atomic E-state index is 13.1. The number of sulfone groups is 1. The molecule has 1 fully saturated rings. The van der Waals surface area contributed by atoms with Gasteiger partial charge in [0.2, 0.25) is 0 Å². The number of alkyl halides is 3. The average molecular weight is 480 g/mol. The van der Waals surface area contributed by atoms with Gasteiger partial charge in [0.15, 0.2) is 14.9 Å². The molecule has 0 bridgehead atoms. The lowest BCUT2D eigenvalue weighted by atomic mass is 9.73. The summed E-state index contributed by atoms with van der Waals surface area (Å²) in [5.41, 5.74) is -1.03. The Morgan fingerprint density at radius 1 is 1.13 bits per heavy atom. The molecule has 1 N–H and O–H groups in total. The average Bonchev–Trinajstić information content (AvgIpc) is 2.96. The second-order valence-corrected chi connectivity index (χ2v) is 12.5. The maximum Gasteiger partial charge on any atom is 0.416 e. The van der Waals surface area contributed by atoms with E-state index in [9.17, 15) is 30.0 Å². The summed E-state index contributed by atoms with van der Waals surface area (Å²) in [7, 11) is -6.28. The lowest BCUT2D eigenvalue weighted by Gasteiger charge is -2.44. The fourth-order valence-corrected chi connectivity index (χ4v) is 6.66. The molecule has 0 atom stereocenters. The van der Waals surface area contributed by atoms with E-state index >= 15 is 0 Å². The molecule has 1 aromatic heterocycles. The van der Waals surface area contributed by atoms with E-state index in [1.165, 1.54) is 20.0 Å². The van der Waals surface area contributed by atoms with Crippen molar-refractivity contribution in [2.24, 2.45) is 13.0 Å². The minimum atomic E-state index is -4.65. The minimum Gasteiger partial charge on any atom is -0.337 e. The van der Waals surface area contributed by atoms with Crippen LogP contribution in [0.2, 0.25) is 0 Å². The molecule has 0 spiro atoms. The van der Waals surface area contributed by atoms with Crippen LogP contribution in [-0.2, 0) is 33.1 Å². The van der Waals surface area contributed by atoms with E-state index in [1.54, 1.807) is 18.5 Å².